The van der Waals surface area contributed by atoms with Crippen LogP contribution in [0.4, 0.5) is 0 Å². The van der Waals surface area contributed by atoms with Crippen molar-refractivity contribution in [2.45, 2.75) is 90.4 Å². The van der Waals surface area contributed by atoms with Crippen LogP contribution in [0.2, 0.25) is 13.1 Å². The molecule has 0 nitrogen and oxygen atoms in total. The van der Waals surface area contributed by atoms with E-state index in [0.717, 1.165) is 0 Å². The fourth-order valence-corrected chi connectivity index (χ4v) is 13.0. The number of benzene rings is 4. The normalized spacial score (nSPS) is 18.3. The minimum atomic E-state index is -1.93. The summed E-state index contributed by atoms with van der Waals surface area (Å²) in [6.07, 6.45) is 5.02. The Hall–Kier alpha value is -3.42. The van der Waals surface area contributed by atoms with Crippen LogP contribution in [-0.2, 0) is 10.8 Å². The molecule has 0 fully saturated rings. The van der Waals surface area contributed by atoms with Crippen LogP contribution in [0, 0.1) is 0 Å². The van der Waals surface area contributed by atoms with Crippen molar-refractivity contribution in [1.82, 2.24) is 0 Å². The fourth-order valence-electron chi connectivity index (χ4n) is 8.06. The Morgan fingerprint density at radius 3 is 1.26 bits per heavy atom. The maximum atomic E-state index is 2.64. The second-order valence-electron chi connectivity index (χ2n) is 15.7. The zero-order valence-electron chi connectivity index (χ0n) is 27.9. The first-order valence-electron chi connectivity index (χ1n) is 16.0. The summed E-state index contributed by atoms with van der Waals surface area (Å²) < 4.78 is 0. The van der Waals surface area contributed by atoms with E-state index < -0.39 is 8.07 Å². The highest BCUT2D eigenvalue weighted by molar-refractivity contribution is 6.81. The van der Waals surface area contributed by atoms with Crippen molar-refractivity contribution in [1.29, 1.82) is 0 Å². The molecule has 0 N–H and O–H groups in total. The van der Waals surface area contributed by atoms with Crippen molar-refractivity contribution in [3.8, 4) is 22.3 Å². The first-order valence-corrected chi connectivity index (χ1v) is 19.2. The van der Waals surface area contributed by atoms with E-state index in [2.05, 4.69) is 166 Å². The lowest BCUT2D eigenvalue weighted by Gasteiger charge is -2.39. The molecule has 0 radical (unpaired) electrons. The van der Waals surface area contributed by atoms with E-state index in [9.17, 15) is 0 Å². The summed E-state index contributed by atoms with van der Waals surface area (Å²) in [7, 11) is -1.93. The largest absolute Gasteiger partial charge is 0.0722 e. The van der Waals surface area contributed by atoms with Crippen LogP contribution in [0.3, 0.4) is 0 Å². The molecule has 2 aliphatic carbocycles. The fraction of sp³-hybridized carbons (Fsp3) is 0.333. The molecule has 0 aliphatic heterocycles. The van der Waals surface area contributed by atoms with Crippen LogP contribution in [0.5, 0.6) is 0 Å². The lowest BCUT2D eigenvalue weighted by Crippen LogP contribution is -2.42. The van der Waals surface area contributed by atoms with E-state index in [0.29, 0.717) is 11.1 Å². The van der Waals surface area contributed by atoms with Gasteiger partial charge in [-0.25, -0.2) is 0 Å². The van der Waals surface area contributed by atoms with E-state index in [1.54, 1.807) is 0 Å². The minimum absolute atomic E-state index is 0.129. The summed E-state index contributed by atoms with van der Waals surface area (Å²) in [6.45, 7) is 23.9. The van der Waals surface area contributed by atoms with Gasteiger partial charge >= 0.3 is 0 Å². The Labute approximate surface area is 261 Å². The Balaban J connectivity index is 1.42. The zero-order chi connectivity index (χ0) is 30.9. The second-order valence-corrected chi connectivity index (χ2v) is 20.5. The topological polar surface area (TPSA) is 0 Å². The monoisotopic (exact) mass is 580 g/mol. The number of fused-ring (bicyclic) bond motifs is 2. The van der Waals surface area contributed by atoms with Crippen molar-refractivity contribution in [3.05, 3.63) is 129 Å². The van der Waals surface area contributed by atoms with Gasteiger partial charge in [-0.3, -0.25) is 0 Å². The molecule has 0 spiro atoms. The highest BCUT2D eigenvalue weighted by Crippen LogP contribution is 2.54. The summed E-state index contributed by atoms with van der Waals surface area (Å²) >= 11 is 0. The molecule has 0 saturated carbocycles. The highest BCUT2D eigenvalue weighted by atomic mass is 28.3. The van der Waals surface area contributed by atoms with Crippen molar-refractivity contribution < 1.29 is 0 Å². The molecule has 43 heavy (non-hydrogen) atoms. The van der Waals surface area contributed by atoms with Crippen molar-refractivity contribution in [3.63, 3.8) is 0 Å². The van der Waals surface area contributed by atoms with Crippen LogP contribution in [0.15, 0.2) is 96.1 Å². The lowest BCUT2D eigenvalue weighted by molar-refractivity contribution is 0.590. The van der Waals surface area contributed by atoms with Crippen molar-refractivity contribution in [2.75, 3.05) is 0 Å². The smallest absolute Gasteiger partial charge is 0.0679 e. The molecule has 6 rings (SSSR count). The van der Waals surface area contributed by atoms with Gasteiger partial charge in [0.1, 0.15) is 0 Å². The van der Waals surface area contributed by atoms with Gasteiger partial charge in [0.05, 0.1) is 8.07 Å². The molecule has 0 saturated heterocycles. The summed E-state index contributed by atoms with van der Waals surface area (Å²) in [5.74, 6) is 0. The van der Waals surface area contributed by atoms with Crippen LogP contribution in [0.25, 0.3) is 34.4 Å². The third kappa shape index (κ3) is 5.10. The summed E-state index contributed by atoms with van der Waals surface area (Å²) in [5, 5.41) is 0. The molecule has 0 aromatic heterocycles. The standard InChI is InChI=1S/C42H48Si/c1-27-23-37-33(29-15-11-17-31(25-29)41(3,4)5)19-13-21-35(37)39(27)43(9,10)40-28(2)24-38-34(20-14-22-36(38)40)30-16-12-18-32(26-30)42(6,7)8/h11-26,39-40H,1-10H3. The van der Waals surface area contributed by atoms with E-state index in [1.807, 2.05) is 0 Å². The van der Waals surface area contributed by atoms with Crippen LogP contribution in [0.1, 0.15) is 99.9 Å². The summed E-state index contributed by atoms with van der Waals surface area (Å²) in [5.41, 5.74) is 18.4. The van der Waals surface area contributed by atoms with Crippen LogP contribution in [-0.4, -0.2) is 8.07 Å². The van der Waals surface area contributed by atoms with E-state index >= 15 is 0 Å². The summed E-state index contributed by atoms with van der Waals surface area (Å²) in [4.78, 5) is 0. The predicted molar refractivity (Wildman–Crippen MR) is 191 cm³/mol. The molecule has 0 amide bonds. The molecule has 4 aromatic carbocycles. The van der Waals surface area contributed by atoms with Crippen LogP contribution < -0.4 is 0 Å². The molecule has 0 heterocycles. The average molecular weight is 581 g/mol. The number of hydrogen-bond donors (Lipinski definition) is 0. The maximum absolute atomic E-state index is 2.64. The van der Waals surface area contributed by atoms with Gasteiger partial charge < -0.3 is 0 Å². The molecule has 2 aliphatic rings. The van der Waals surface area contributed by atoms with Gasteiger partial charge in [0.2, 0.25) is 0 Å². The van der Waals surface area contributed by atoms with Gasteiger partial charge in [0.15, 0.2) is 0 Å². The molecule has 2 atom stereocenters. The summed E-state index contributed by atoms with van der Waals surface area (Å²) in [6, 6.07) is 32.5. The average Bonchev–Trinajstić information content (AvgIpc) is 3.48. The Kier molecular flexibility index (Phi) is 7.13. The van der Waals surface area contributed by atoms with Gasteiger partial charge in [-0.2, -0.15) is 0 Å². The third-order valence-corrected chi connectivity index (χ3v) is 14.6. The molecule has 2 unspecified atom stereocenters. The molecule has 4 aromatic rings. The highest BCUT2D eigenvalue weighted by Gasteiger charge is 2.47. The molecular weight excluding hydrogens is 533 g/mol. The van der Waals surface area contributed by atoms with E-state index in [4.69, 9.17) is 0 Å². The van der Waals surface area contributed by atoms with Gasteiger partial charge in [-0.05, 0) is 80.3 Å². The molecular formula is C42H48Si. The Morgan fingerprint density at radius 1 is 0.512 bits per heavy atom. The van der Waals surface area contributed by atoms with Crippen LogP contribution >= 0.6 is 0 Å². The van der Waals surface area contributed by atoms with Gasteiger partial charge in [0.25, 0.3) is 0 Å². The SMILES string of the molecule is CC1=Cc2c(-c3cccc(C(C)(C)C)c3)cccc2C1[Si](C)(C)C1C(C)=Cc2c(-c3cccc(C(C)(C)C)c3)cccc21. The van der Waals surface area contributed by atoms with Gasteiger partial charge in [-0.15, -0.1) is 0 Å². The van der Waals surface area contributed by atoms with Gasteiger partial charge in [0, 0.05) is 11.1 Å². The number of allylic oxidation sites excluding steroid dienone is 2. The molecule has 0 bridgehead atoms. The first-order chi connectivity index (χ1) is 20.2. The Morgan fingerprint density at radius 2 is 0.884 bits per heavy atom. The molecule has 1 heteroatoms. The maximum Gasteiger partial charge on any atom is 0.0722 e. The Bertz CT molecular complexity index is 1650. The molecule has 220 valence electrons. The quantitative estimate of drug-likeness (QED) is 0.211. The third-order valence-electron chi connectivity index (χ3n) is 10.1. The second kappa shape index (κ2) is 10.3. The first kappa shape index (κ1) is 29.6. The van der Waals surface area contributed by atoms with E-state index in [1.165, 1.54) is 66.8 Å². The minimum Gasteiger partial charge on any atom is -0.0679 e. The van der Waals surface area contributed by atoms with Gasteiger partial charge in [-0.1, -0.05) is 163 Å². The lowest BCUT2D eigenvalue weighted by atomic mass is 9.85. The number of hydrogen-bond acceptors (Lipinski definition) is 0. The van der Waals surface area contributed by atoms with Crippen molar-refractivity contribution in [2.24, 2.45) is 0 Å². The zero-order valence-corrected chi connectivity index (χ0v) is 28.9. The van der Waals surface area contributed by atoms with Crippen molar-refractivity contribution >= 4 is 20.2 Å². The predicted octanol–water partition coefficient (Wildman–Crippen LogP) is 12.1. The number of rotatable bonds is 4. The van der Waals surface area contributed by atoms with E-state index in [-0.39, 0.29) is 10.8 Å².